The number of benzene rings is 1. The van der Waals surface area contributed by atoms with Gasteiger partial charge in [-0.2, -0.15) is 0 Å². The molecule has 1 aromatic carbocycles. The van der Waals surface area contributed by atoms with Crippen molar-refractivity contribution in [2.24, 2.45) is 0 Å². The van der Waals surface area contributed by atoms with Crippen LogP contribution in [0.4, 0.5) is 0 Å². The highest BCUT2D eigenvalue weighted by Crippen LogP contribution is 2.29. The van der Waals surface area contributed by atoms with E-state index in [2.05, 4.69) is 10.5 Å². The average Bonchev–Trinajstić information content (AvgIpc) is 3.24. The Morgan fingerprint density at radius 2 is 2.14 bits per heavy atom. The van der Waals surface area contributed by atoms with E-state index in [-0.39, 0.29) is 17.9 Å². The van der Waals surface area contributed by atoms with Crippen molar-refractivity contribution < 1.29 is 18.8 Å². The number of carbonyl (C=O) groups excluding carboxylic acids is 2. The summed E-state index contributed by atoms with van der Waals surface area (Å²) in [6.45, 7) is 5.46. The maximum atomic E-state index is 12.8. The molecule has 2 amide bonds. The van der Waals surface area contributed by atoms with Crippen LogP contribution in [0.15, 0.2) is 22.7 Å². The van der Waals surface area contributed by atoms with Crippen LogP contribution in [0.5, 0.6) is 5.75 Å². The molecule has 1 fully saturated rings. The summed E-state index contributed by atoms with van der Waals surface area (Å²) in [5.74, 6) is 1.41. The molecule has 28 heavy (non-hydrogen) atoms. The molecular formula is C21H25N3O4. The number of nitrogens with zero attached hydrogens (tertiary/aromatic N) is 2. The summed E-state index contributed by atoms with van der Waals surface area (Å²) in [5, 5.41) is 7.06. The Hall–Kier alpha value is -2.83. The van der Waals surface area contributed by atoms with Crippen LogP contribution >= 0.6 is 0 Å². The molecule has 7 heteroatoms. The summed E-state index contributed by atoms with van der Waals surface area (Å²) in [6, 6.07) is 5.65. The van der Waals surface area contributed by atoms with Crippen LogP contribution in [0.3, 0.4) is 0 Å². The summed E-state index contributed by atoms with van der Waals surface area (Å²) in [5.41, 5.74) is 3.44. The molecule has 0 bridgehead atoms. The number of likely N-dealkylation sites (tertiary alicyclic amines) is 1. The van der Waals surface area contributed by atoms with Gasteiger partial charge in [-0.25, -0.2) is 0 Å². The largest absolute Gasteiger partial charge is 0.492 e. The number of carbonyl (C=O) groups is 2. The predicted octanol–water partition coefficient (Wildman–Crippen LogP) is 2.54. The molecule has 7 nitrogen and oxygen atoms in total. The van der Waals surface area contributed by atoms with Gasteiger partial charge in [0.15, 0.2) is 0 Å². The van der Waals surface area contributed by atoms with E-state index >= 15 is 0 Å². The molecule has 1 aromatic heterocycles. The van der Waals surface area contributed by atoms with E-state index in [0.717, 1.165) is 35.4 Å². The summed E-state index contributed by atoms with van der Waals surface area (Å²) in [7, 11) is 0. The summed E-state index contributed by atoms with van der Waals surface area (Å²) in [6.07, 6.45) is 2.61. The van der Waals surface area contributed by atoms with Crippen molar-refractivity contribution in [3.63, 3.8) is 0 Å². The van der Waals surface area contributed by atoms with Gasteiger partial charge in [-0.15, -0.1) is 0 Å². The lowest BCUT2D eigenvalue weighted by atomic mass is 10.1. The third-order valence-electron chi connectivity index (χ3n) is 5.63. The van der Waals surface area contributed by atoms with Gasteiger partial charge in [0.25, 0.3) is 5.91 Å². The molecular weight excluding hydrogens is 358 g/mol. The number of para-hydroxylation sites is 1. The van der Waals surface area contributed by atoms with Gasteiger partial charge in [0, 0.05) is 31.0 Å². The molecule has 3 heterocycles. The van der Waals surface area contributed by atoms with Crippen LogP contribution < -0.4 is 10.1 Å². The van der Waals surface area contributed by atoms with Crippen LogP contribution in [0.2, 0.25) is 0 Å². The first-order chi connectivity index (χ1) is 13.5. The molecule has 2 aliphatic rings. The fraction of sp³-hybridized carbons (Fsp3) is 0.476. The maximum absolute atomic E-state index is 12.8. The number of hydrogen-bond donors (Lipinski definition) is 1. The number of hydrogen-bond acceptors (Lipinski definition) is 5. The first-order valence-electron chi connectivity index (χ1n) is 9.78. The fourth-order valence-corrected chi connectivity index (χ4v) is 3.92. The second-order valence-electron chi connectivity index (χ2n) is 7.51. The third-order valence-corrected chi connectivity index (χ3v) is 5.63. The molecule has 0 saturated carbocycles. The molecule has 1 atom stereocenters. The Kier molecular flexibility index (Phi) is 5.07. The topological polar surface area (TPSA) is 84.7 Å². The number of aryl methyl sites for hydroxylation is 2. The zero-order valence-corrected chi connectivity index (χ0v) is 16.3. The Morgan fingerprint density at radius 1 is 1.29 bits per heavy atom. The van der Waals surface area contributed by atoms with Gasteiger partial charge >= 0.3 is 0 Å². The molecule has 0 aliphatic carbocycles. The second-order valence-corrected chi connectivity index (χ2v) is 7.51. The van der Waals surface area contributed by atoms with Crippen molar-refractivity contribution in [3.05, 3.63) is 46.3 Å². The first kappa shape index (κ1) is 18.5. The van der Waals surface area contributed by atoms with E-state index in [1.54, 1.807) is 6.07 Å². The van der Waals surface area contributed by atoms with Crippen molar-refractivity contribution in [3.8, 4) is 5.75 Å². The molecule has 0 radical (unpaired) electrons. The molecule has 0 spiro atoms. The van der Waals surface area contributed by atoms with E-state index in [1.807, 2.05) is 30.9 Å². The van der Waals surface area contributed by atoms with Gasteiger partial charge in [-0.1, -0.05) is 17.3 Å². The van der Waals surface area contributed by atoms with Crippen molar-refractivity contribution in [2.45, 2.75) is 52.1 Å². The lowest BCUT2D eigenvalue weighted by Gasteiger charge is -2.21. The van der Waals surface area contributed by atoms with Crippen LogP contribution in [0, 0.1) is 13.8 Å². The minimum absolute atomic E-state index is 0.0385. The van der Waals surface area contributed by atoms with E-state index in [0.29, 0.717) is 43.9 Å². The number of amides is 2. The van der Waals surface area contributed by atoms with Crippen molar-refractivity contribution >= 4 is 11.8 Å². The third kappa shape index (κ3) is 3.61. The van der Waals surface area contributed by atoms with Gasteiger partial charge in [-0.05, 0) is 38.3 Å². The standard InChI is InChI=1S/C21H25N3O4/c1-13-18(14(2)28-23-13)12-24-10-8-16(6-7-19(24)25)22-21(26)17-5-3-4-15-9-11-27-20(15)17/h3-5,16H,6-12H2,1-2H3,(H,22,26). The highest BCUT2D eigenvalue weighted by Gasteiger charge is 2.27. The van der Waals surface area contributed by atoms with Crippen molar-refractivity contribution in [2.75, 3.05) is 13.2 Å². The minimum Gasteiger partial charge on any atom is -0.492 e. The van der Waals surface area contributed by atoms with Gasteiger partial charge in [0.2, 0.25) is 5.91 Å². The highest BCUT2D eigenvalue weighted by atomic mass is 16.5. The minimum atomic E-state index is -0.129. The van der Waals surface area contributed by atoms with Crippen molar-refractivity contribution in [1.82, 2.24) is 15.4 Å². The number of aromatic nitrogens is 1. The number of nitrogens with one attached hydrogen (secondary N) is 1. The molecule has 148 valence electrons. The molecule has 1 saturated heterocycles. The average molecular weight is 383 g/mol. The normalized spacial score (nSPS) is 19.1. The second kappa shape index (κ2) is 7.66. The molecule has 2 aromatic rings. The zero-order valence-electron chi connectivity index (χ0n) is 16.3. The lowest BCUT2D eigenvalue weighted by Crippen LogP contribution is -2.36. The molecule has 1 unspecified atom stereocenters. The predicted molar refractivity (Wildman–Crippen MR) is 102 cm³/mol. The Morgan fingerprint density at radius 3 is 2.93 bits per heavy atom. The van der Waals surface area contributed by atoms with E-state index < -0.39 is 0 Å². The molecule has 1 N–H and O–H groups in total. The van der Waals surface area contributed by atoms with Gasteiger partial charge in [0.05, 0.1) is 24.4 Å². The Balaban J connectivity index is 1.41. The fourth-order valence-electron chi connectivity index (χ4n) is 3.92. The first-order valence-corrected chi connectivity index (χ1v) is 9.78. The monoisotopic (exact) mass is 383 g/mol. The number of rotatable bonds is 4. The number of ether oxygens (including phenoxy) is 1. The zero-order chi connectivity index (χ0) is 19.7. The van der Waals surface area contributed by atoms with Gasteiger partial charge in [0.1, 0.15) is 11.5 Å². The van der Waals surface area contributed by atoms with Crippen LogP contribution in [-0.2, 0) is 17.8 Å². The van der Waals surface area contributed by atoms with E-state index in [9.17, 15) is 9.59 Å². The van der Waals surface area contributed by atoms with Crippen LogP contribution in [-0.4, -0.2) is 41.1 Å². The maximum Gasteiger partial charge on any atom is 0.255 e. The summed E-state index contributed by atoms with van der Waals surface area (Å²) in [4.78, 5) is 27.2. The van der Waals surface area contributed by atoms with Crippen LogP contribution in [0.25, 0.3) is 0 Å². The Labute approximate surface area is 164 Å². The Bertz CT molecular complexity index is 886. The SMILES string of the molecule is Cc1noc(C)c1CN1CCC(NC(=O)c2cccc3c2OCC3)CCC1=O. The highest BCUT2D eigenvalue weighted by molar-refractivity contribution is 5.97. The quantitative estimate of drug-likeness (QED) is 0.877. The summed E-state index contributed by atoms with van der Waals surface area (Å²) >= 11 is 0. The molecule has 2 aliphatic heterocycles. The van der Waals surface area contributed by atoms with Crippen LogP contribution in [0.1, 0.15) is 52.2 Å². The van der Waals surface area contributed by atoms with Gasteiger partial charge in [-0.3, -0.25) is 9.59 Å². The lowest BCUT2D eigenvalue weighted by molar-refractivity contribution is -0.131. The molecule has 4 rings (SSSR count). The van der Waals surface area contributed by atoms with Crippen molar-refractivity contribution in [1.29, 1.82) is 0 Å². The summed E-state index contributed by atoms with van der Waals surface area (Å²) < 4.78 is 10.8. The van der Waals surface area contributed by atoms with E-state index in [1.165, 1.54) is 0 Å². The van der Waals surface area contributed by atoms with E-state index in [4.69, 9.17) is 9.26 Å². The van der Waals surface area contributed by atoms with Gasteiger partial charge < -0.3 is 19.5 Å². The smallest absolute Gasteiger partial charge is 0.255 e. The number of fused-ring (bicyclic) bond motifs is 1.